The molecule has 0 aromatic heterocycles. The molecule has 4 amide bonds. The summed E-state index contributed by atoms with van der Waals surface area (Å²) in [6.07, 6.45) is 1.16. The first-order valence-electron chi connectivity index (χ1n) is 9.99. The lowest BCUT2D eigenvalue weighted by atomic mass is 9.96. The summed E-state index contributed by atoms with van der Waals surface area (Å²) in [5, 5.41) is 3.51. The van der Waals surface area contributed by atoms with Crippen LogP contribution in [0.3, 0.4) is 0 Å². The molecule has 2 aliphatic heterocycles. The number of urea groups is 1. The zero-order valence-electron chi connectivity index (χ0n) is 16.6. The summed E-state index contributed by atoms with van der Waals surface area (Å²) in [5.74, 6) is -0.599. The summed E-state index contributed by atoms with van der Waals surface area (Å²) in [4.78, 5) is 42.1. The molecule has 29 heavy (non-hydrogen) atoms. The van der Waals surface area contributed by atoms with Crippen LogP contribution in [0.2, 0.25) is 5.02 Å². The molecule has 158 valence electrons. The molecule has 0 aliphatic carbocycles. The van der Waals surface area contributed by atoms with E-state index in [4.69, 9.17) is 17.3 Å². The highest BCUT2D eigenvalue weighted by molar-refractivity contribution is 6.30. The highest BCUT2D eigenvalue weighted by atomic mass is 35.5. The Kier molecular flexibility index (Phi) is 6.84. The van der Waals surface area contributed by atoms with E-state index >= 15 is 0 Å². The molecular weight excluding hydrogens is 394 g/mol. The quantitative estimate of drug-likeness (QED) is 0.765. The van der Waals surface area contributed by atoms with Gasteiger partial charge in [0.25, 0.3) is 0 Å². The van der Waals surface area contributed by atoms with Crippen LogP contribution >= 0.6 is 11.6 Å². The van der Waals surface area contributed by atoms with Crippen LogP contribution in [0.15, 0.2) is 24.3 Å². The van der Waals surface area contributed by atoms with Gasteiger partial charge in [0.15, 0.2) is 0 Å². The second-order valence-electron chi connectivity index (χ2n) is 7.62. The van der Waals surface area contributed by atoms with Crippen LogP contribution in [0.4, 0.5) is 10.5 Å². The molecule has 0 radical (unpaired) electrons. The molecule has 2 aliphatic rings. The Morgan fingerprint density at radius 3 is 2.14 bits per heavy atom. The largest absolute Gasteiger partial charge is 0.369 e. The minimum Gasteiger partial charge on any atom is -0.369 e. The molecule has 1 aromatic rings. The topological polar surface area (TPSA) is 99.0 Å². The number of rotatable bonds is 4. The number of likely N-dealkylation sites (tertiary alicyclic amines) is 1. The lowest BCUT2D eigenvalue weighted by Gasteiger charge is -2.37. The maximum atomic E-state index is 12.6. The Bertz CT molecular complexity index is 741. The van der Waals surface area contributed by atoms with Crippen molar-refractivity contribution in [2.24, 2.45) is 11.7 Å². The number of benzene rings is 1. The number of hydrogen-bond acceptors (Lipinski definition) is 4. The normalized spacial score (nSPS) is 19.0. The third-order valence-electron chi connectivity index (χ3n) is 5.68. The van der Waals surface area contributed by atoms with Gasteiger partial charge in [-0.3, -0.25) is 9.59 Å². The third kappa shape index (κ3) is 5.32. The second kappa shape index (κ2) is 9.35. The van der Waals surface area contributed by atoms with E-state index in [1.807, 2.05) is 24.3 Å². The molecule has 0 bridgehead atoms. The SMILES string of the molecule is C[C@H](NC(=O)N1CCN(c2ccc(Cl)cc2)CC1)C(=O)N1CCC(C(N)=O)CC1. The van der Waals surface area contributed by atoms with Crippen LogP contribution in [0.25, 0.3) is 0 Å². The van der Waals surface area contributed by atoms with E-state index in [0.29, 0.717) is 44.0 Å². The summed E-state index contributed by atoms with van der Waals surface area (Å²) in [6.45, 7) is 5.29. The standard InChI is InChI=1S/C20H28ClN5O3/c1-14(19(28)25-8-6-15(7-9-25)18(22)27)23-20(29)26-12-10-24(11-13-26)17-4-2-16(21)3-5-17/h2-5,14-15H,6-13H2,1H3,(H2,22,27)(H,23,29)/t14-/m0/s1. The molecule has 2 heterocycles. The van der Waals surface area contributed by atoms with Crippen molar-refractivity contribution in [3.05, 3.63) is 29.3 Å². The van der Waals surface area contributed by atoms with Gasteiger partial charge in [-0.05, 0) is 44.0 Å². The summed E-state index contributed by atoms with van der Waals surface area (Å²) < 4.78 is 0. The molecule has 3 rings (SSSR count). The summed E-state index contributed by atoms with van der Waals surface area (Å²) in [7, 11) is 0. The van der Waals surface area contributed by atoms with Crippen molar-refractivity contribution in [3.8, 4) is 0 Å². The zero-order valence-corrected chi connectivity index (χ0v) is 17.4. The minimum absolute atomic E-state index is 0.124. The highest BCUT2D eigenvalue weighted by Crippen LogP contribution is 2.20. The van der Waals surface area contributed by atoms with Gasteiger partial charge >= 0.3 is 6.03 Å². The molecule has 1 aromatic carbocycles. The Labute approximate surface area is 175 Å². The minimum atomic E-state index is -0.609. The van der Waals surface area contributed by atoms with Crippen LogP contribution < -0.4 is 16.0 Å². The molecule has 0 spiro atoms. The Morgan fingerprint density at radius 1 is 1.00 bits per heavy atom. The van der Waals surface area contributed by atoms with Gasteiger partial charge in [0.2, 0.25) is 11.8 Å². The fraction of sp³-hybridized carbons (Fsp3) is 0.550. The summed E-state index contributed by atoms with van der Waals surface area (Å²) in [5.41, 5.74) is 6.42. The van der Waals surface area contributed by atoms with E-state index in [0.717, 1.165) is 18.8 Å². The predicted octanol–water partition coefficient (Wildman–Crippen LogP) is 1.28. The van der Waals surface area contributed by atoms with Gasteiger partial charge in [-0.1, -0.05) is 11.6 Å². The smallest absolute Gasteiger partial charge is 0.318 e. The predicted molar refractivity (Wildman–Crippen MR) is 112 cm³/mol. The van der Waals surface area contributed by atoms with Gasteiger partial charge in [0, 0.05) is 55.9 Å². The van der Waals surface area contributed by atoms with E-state index in [1.54, 1.807) is 16.7 Å². The van der Waals surface area contributed by atoms with E-state index in [1.165, 1.54) is 0 Å². The third-order valence-corrected chi connectivity index (χ3v) is 5.93. The molecular formula is C20H28ClN5O3. The molecule has 2 fully saturated rings. The first kappa shape index (κ1) is 21.2. The first-order valence-corrected chi connectivity index (χ1v) is 10.4. The number of hydrogen-bond donors (Lipinski definition) is 2. The number of nitrogens with two attached hydrogens (primary N) is 1. The number of piperazine rings is 1. The van der Waals surface area contributed by atoms with Crippen molar-refractivity contribution in [2.75, 3.05) is 44.2 Å². The first-order chi connectivity index (χ1) is 13.8. The molecule has 3 N–H and O–H groups in total. The van der Waals surface area contributed by atoms with Gasteiger partial charge in [-0.2, -0.15) is 0 Å². The summed E-state index contributed by atoms with van der Waals surface area (Å²) >= 11 is 5.94. The molecule has 9 heteroatoms. The van der Waals surface area contributed by atoms with Crippen molar-refractivity contribution in [2.45, 2.75) is 25.8 Å². The lowest BCUT2D eigenvalue weighted by Crippen LogP contribution is -2.56. The number of carbonyl (C=O) groups excluding carboxylic acids is 3. The van der Waals surface area contributed by atoms with E-state index < -0.39 is 6.04 Å². The summed E-state index contributed by atoms with van der Waals surface area (Å²) in [6, 6.07) is 6.82. The molecule has 0 unspecified atom stereocenters. The van der Waals surface area contributed by atoms with Crippen molar-refractivity contribution < 1.29 is 14.4 Å². The van der Waals surface area contributed by atoms with Gasteiger partial charge in [-0.25, -0.2) is 4.79 Å². The number of amides is 4. The maximum absolute atomic E-state index is 12.6. The molecule has 2 saturated heterocycles. The van der Waals surface area contributed by atoms with Crippen LogP contribution in [0, 0.1) is 5.92 Å². The van der Waals surface area contributed by atoms with Crippen LogP contribution in [0.1, 0.15) is 19.8 Å². The van der Waals surface area contributed by atoms with Crippen molar-refractivity contribution in [1.82, 2.24) is 15.1 Å². The number of piperidine rings is 1. The number of halogens is 1. The maximum Gasteiger partial charge on any atom is 0.318 e. The molecule has 1 atom stereocenters. The Balaban J connectivity index is 1.45. The number of nitrogens with one attached hydrogen (secondary N) is 1. The lowest BCUT2D eigenvalue weighted by molar-refractivity contribution is -0.136. The fourth-order valence-corrected chi connectivity index (χ4v) is 3.94. The Hall–Kier alpha value is -2.48. The second-order valence-corrected chi connectivity index (χ2v) is 8.06. The van der Waals surface area contributed by atoms with E-state index in [2.05, 4.69) is 10.2 Å². The van der Waals surface area contributed by atoms with Gasteiger partial charge < -0.3 is 25.8 Å². The zero-order chi connectivity index (χ0) is 21.0. The van der Waals surface area contributed by atoms with Crippen molar-refractivity contribution in [1.29, 1.82) is 0 Å². The van der Waals surface area contributed by atoms with E-state index in [9.17, 15) is 14.4 Å². The average Bonchev–Trinajstić information content (AvgIpc) is 2.74. The van der Waals surface area contributed by atoms with E-state index in [-0.39, 0.29) is 23.8 Å². The van der Waals surface area contributed by atoms with Crippen LogP contribution in [0.5, 0.6) is 0 Å². The Morgan fingerprint density at radius 2 is 1.59 bits per heavy atom. The number of anilines is 1. The molecule has 8 nitrogen and oxygen atoms in total. The number of nitrogens with zero attached hydrogens (tertiary/aromatic N) is 3. The van der Waals surface area contributed by atoms with Crippen LogP contribution in [-0.2, 0) is 9.59 Å². The monoisotopic (exact) mass is 421 g/mol. The highest BCUT2D eigenvalue weighted by Gasteiger charge is 2.30. The van der Waals surface area contributed by atoms with Crippen molar-refractivity contribution >= 4 is 35.1 Å². The fourth-order valence-electron chi connectivity index (χ4n) is 3.82. The van der Waals surface area contributed by atoms with Crippen molar-refractivity contribution in [3.63, 3.8) is 0 Å². The van der Waals surface area contributed by atoms with Crippen LogP contribution in [-0.4, -0.2) is 73.0 Å². The molecule has 0 saturated carbocycles. The number of primary amides is 1. The number of carbonyl (C=O) groups is 3. The average molecular weight is 422 g/mol. The van der Waals surface area contributed by atoms with Gasteiger partial charge in [0.1, 0.15) is 6.04 Å². The van der Waals surface area contributed by atoms with Gasteiger partial charge in [0.05, 0.1) is 0 Å². The van der Waals surface area contributed by atoms with Gasteiger partial charge in [-0.15, -0.1) is 0 Å².